The Bertz CT molecular complexity index is 151. The lowest BCUT2D eigenvalue weighted by Crippen LogP contribution is -2.15. The molecule has 0 spiro atoms. The summed E-state index contributed by atoms with van der Waals surface area (Å²) < 4.78 is 5.47. The zero-order valence-corrected chi connectivity index (χ0v) is 12.9. The molecule has 3 heteroatoms. The summed E-state index contributed by atoms with van der Waals surface area (Å²) in [4.78, 5) is 0. The first-order valence-corrected chi connectivity index (χ1v) is 8.01. The highest BCUT2D eigenvalue weighted by molar-refractivity contribution is 6.43. The first-order chi connectivity index (χ1) is 8.20. The highest BCUT2D eigenvalue weighted by Gasteiger charge is 2.11. The zero-order chi connectivity index (χ0) is 12.9. The third-order valence-corrected chi connectivity index (χ3v) is 3.24. The predicted molar refractivity (Wildman–Crippen MR) is 77.9 cm³/mol. The summed E-state index contributed by atoms with van der Waals surface area (Å²) in [5.74, 6) is 0. The number of hydrogen-bond acceptors (Lipinski definition) is 1. The van der Waals surface area contributed by atoms with Crippen LogP contribution in [0, 0.1) is 0 Å². The summed E-state index contributed by atoms with van der Waals surface area (Å²) >= 11 is 11.3. The van der Waals surface area contributed by atoms with Gasteiger partial charge in [-0.05, 0) is 12.8 Å². The molecule has 1 atom stereocenters. The number of rotatable bonds is 12. The Labute approximate surface area is 117 Å². The first-order valence-electron chi connectivity index (χ1n) is 7.14. The third kappa shape index (κ3) is 12.8. The van der Waals surface area contributed by atoms with Crippen molar-refractivity contribution in [2.45, 2.75) is 89.2 Å². The van der Waals surface area contributed by atoms with Crippen LogP contribution in [-0.2, 0) is 4.74 Å². The van der Waals surface area contributed by atoms with Gasteiger partial charge in [-0.25, -0.2) is 0 Å². The van der Waals surface area contributed by atoms with Crippen molar-refractivity contribution in [3.8, 4) is 0 Å². The van der Waals surface area contributed by atoms with Gasteiger partial charge in [0.05, 0.1) is 6.10 Å². The second kappa shape index (κ2) is 13.0. The van der Waals surface area contributed by atoms with E-state index in [2.05, 4.69) is 13.8 Å². The van der Waals surface area contributed by atoms with Crippen LogP contribution in [0.5, 0.6) is 0 Å². The number of ether oxygens (including phenoxy) is 1. The van der Waals surface area contributed by atoms with Crippen LogP contribution < -0.4 is 0 Å². The van der Waals surface area contributed by atoms with Crippen molar-refractivity contribution in [1.29, 1.82) is 0 Å². The maximum Gasteiger partial charge on any atom is 0.206 e. The molecule has 0 rings (SSSR count). The molecule has 0 radical (unpaired) electrons. The summed E-state index contributed by atoms with van der Waals surface area (Å²) in [5, 5.41) is -0.670. The van der Waals surface area contributed by atoms with Crippen LogP contribution in [0.15, 0.2) is 0 Å². The molecular weight excluding hydrogens is 255 g/mol. The molecule has 0 aliphatic rings. The summed E-state index contributed by atoms with van der Waals surface area (Å²) in [6.07, 6.45) is 12.9. The number of hydrogen-bond donors (Lipinski definition) is 0. The quantitative estimate of drug-likeness (QED) is 0.312. The van der Waals surface area contributed by atoms with Crippen LogP contribution in [0.25, 0.3) is 0 Å². The lowest BCUT2D eigenvalue weighted by molar-refractivity contribution is 0.0525. The molecule has 17 heavy (non-hydrogen) atoms. The van der Waals surface area contributed by atoms with Gasteiger partial charge in [-0.3, -0.25) is 0 Å². The van der Waals surface area contributed by atoms with E-state index in [1.54, 1.807) is 0 Å². The Balaban J connectivity index is 3.40. The fourth-order valence-corrected chi connectivity index (χ4v) is 2.37. The van der Waals surface area contributed by atoms with Gasteiger partial charge in [0.15, 0.2) is 0 Å². The Morgan fingerprint density at radius 1 is 0.765 bits per heavy atom. The molecule has 0 aromatic carbocycles. The summed E-state index contributed by atoms with van der Waals surface area (Å²) in [6, 6.07) is 0. The van der Waals surface area contributed by atoms with E-state index in [1.807, 2.05) is 0 Å². The van der Waals surface area contributed by atoms with Crippen LogP contribution >= 0.6 is 23.2 Å². The van der Waals surface area contributed by atoms with Crippen molar-refractivity contribution < 1.29 is 4.74 Å². The van der Waals surface area contributed by atoms with Crippen molar-refractivity contribution in [3.05, 3.63) is 0 Å². The monoisotopic (exact) mass is 282 g/mol. The van der Waals surface area contributed by atoms with Crippen LogP contribution in [0.3, 0.4) is 0 Å². The lowest BCUT2D eigenvalue weighted by atomic mass is 10.0. The van der Waals surface area contributed by atoms with Crippen LogP contribution in [0.4, 0.5) is 0 Å². The Morgan fingerprint density at radius 2 is 1.35 bits per heavy atom. The van der Waals surface area contributed by atoms with Gasteiger partial charge in [-0.2, -0.15) is 0 Å². The molecule has 1 nitrogen and oxygen atoms in total. The molecule has 0 amide bonds. The van der Waals surface area contributed by atoms with Gasteiger partial charge >= 0.3 is 0 Å². The molecular formula is C14H28Cl2O. The number of alkyl halides is 2. The van der Waals surface area contributed by atoms with E-state index in [4.69, 9.17) is 27.9 Å². The Kier molecular flexibility index (Phi) is 13.4. The fraction of sp³-hybridized carbons (Fsp3) is 1.00. The molecule has 0 aromatic heterocycles. The minimum absolute atomic E-state index is 0.246. The van der Waals surface area contributed by atoms with E-state index < -0.39 is 5.02 Å². The van der Waals surface area contributed by atoms with Gasteiger partial charge in [-0.1, -0.05) is 88.4 Å². The van der Waals surface area contributed by atoms with Crippen molar-refractivity contribution in [1.82, 2.24) is 0 Å². The van der Waals surface area contributed by atoms with E-state index >= 15 is 0 Å². The SMILES string of the molecule is CCCCCCCCCC(CCC)OC(Cl)Cl. The molecule has 0 N–H and O–H groups in total. The molecule has 0 bridgehead atoms. The van der Waals surface area contributed by atoms with Gasteiger partial charge in [0.2, 0.25) is 5.02 Å². The van der Waals surface area contributed by atoms with E-state index in [0.717, 1.165) is 19.3 Å². The Hall–Kier alpha value is 0.540. The van der Waals surface area contributed by atoms with E-state index in [9.17, 15) is 0 Å². The lowest BCUT2D eigenvalue weighted by Gasteiger charge is -2.17. The molecule has 0 saturated heterocycles. The normalized spacial score (nSPS) is 13.2. The molecule has 0 heterocycles. The fourth-order valence-electron chi connectivity index (χ4n) is 2.08. The van der Waals surface area contributed by atoms with Crippen LogP contribution in [0.1, 0.15) is 78.1 Å². The minimum atomic E-state index is -0.670. The number of halogens is 2. The molecule has 0 fully saturated rings. The van der Waals surface area contributed by atoms with Gasteiger partial charge in [0.25, 0.3) is 0 Å². The molecule has 0 saturated carbocycles. The first kappa shape index (κ1) is 17.5. The van der Waals surface area contributed by atoms with Crippen LogP contribution in [0.2, 0.25) is 0 Å². The highest BCUT2D eigenvalue weighted by Crippen LogP contribution is 2.18. The minimum Gasteiger partial charge on any atom is -0.346 e. The second-order valence-electron chi connectivity index (χ2n) is 4.72. The summed E-state index contributed by atoms with van der Waals surface area (Å²) in [7, 11) is 0. The molecule has 0 aliphatic heterocycles. The average Bonchev–Trinajstić information content (AvgIpc) is 2.27. The van der Waals surface area contributed by atoms with Gasteiger partial charge in [0.1, 0.15) is 0 Å². The van der Waals surface area contributed by atoms with Crippen molar-refractivity contribution in [2.75, 3.05) is 0 Å². The van der Waals surface area contributed by atoms with Crippen LogP contribution in [-0.4, -0.2) is 11.1 Å². The van der Waals surface area contributed by atoms with E-state index in [1.165, 1.54) is 44.9 Å². The molecule has 1 unspecified atom stereocenters. The maximum atomic E-state index is 5.65. The van der Waals surface area contributed by atoms with E-state index in [-0.39, 0.29) is 6.10 Å². The standard InChI is InChI=1S/C14H28Cl2O/c1-3-5-6-7-8-9-10-12-13(11-4-2)17-14(15)16/h13-14H,3-12H2,1-2H3. The second-order valence-corrected chi connectivity index (χ2v) is 5.73. The van der Waals surface area contributed by atoms with Gasteiger partial charge in [-0.15, -0.1) is 0 Å². The van der Waals surface area contributed by atoms with Crippen molar-refractivity contribution in [2.24, 2.45) is 0 Å². The smallest absolute Gasteiger partial charge is 0.206 e. The summed E-state index contributed by atoms with van der Waals surface area (Å²) in [5.41, 5.74) is 0. The zero-order valence-electron chi connectivity index (χ0n) is 11.4. The topological polar surface area (TPSA) is 9.23 Å². The average molecular weight is 283 g/mol. The largest absolute Gasteiger partial charge is 0.346 e. The number of unbranched alkanes of at least 4 members (excludes halogenated alkanes) is 6. The van der Waals surface area contributed by atoms with E-state index in [0.29, 0.717) is 0 Å². The third-order valence-electron chi connectivity index (χ3n) is 3.04. The van der Waals surface area contributed by atoms with Crippen molar-refractivity contribution in [3.63, 3.8) is 0 Å². The molecule has 0 aliphatic carbocycles. The highest BCUT2D eigenvalue weighted by atomic mass is 35.5. The molecule has 104 valence electrons. The predicted octanol–water partition coefficient (Wildman–Crippen LogP) is 6.07. The molecule has 0 aromatic rings. The maximum absolute atomic E-state index is 5.65. The van der Waals surface area contributed by atoms with Gasteiger partial charge in [0, 0.05) is 0 Å². The van der Waals surface area contributed by atoms with Crippen molar-refractivity contribution >= 4 is 23.2 Å². The summed E-state index contributed by atoms with van der Waals surface area (Å²) in [6.45, 7) is 4.42. The Morgan fingerprint density at radius 3 is 1.88 bits per heavy atom. The van der Waals surface area contributed by atoms with Gasteiger partial charge < -0.3 is 4.74 Å².